The SMILES string of the molecule is CCCCCCCCCCCCCC(C(=O)O)(C1CC(C)(C)N(C)C(C)(C)C1)C(C(=O)O)C(CC(=O)O)C(=O)O. The number of piperidine rings is 1. The van der Waals surface area contributed by atoms with Gasteiger partial charge in [0.1, 0.15) is 0 Å². The maximum Gasteiger partial charge on any atom is 0.310 e. The fourth-order valence-corrected chi connectivity index (χ4v) is 7.13. The number of rotatable bonds is 20. The second-order valence-electron chi connectivity index (χ2n) is 13.3. The molecule has 9 nitrogen and oxygen atoms in total. The summed E-state index contributed by atoms with van der Waals surface area (Å²) in [5.41, 5.74) is -2.86. The van der Waals surface area contributed by atoms with Gasteiger partial charge in [0.05, 0.1) is 23.7 Å². The Hall–Kier alpha value is -2.16. The van der Waals surface area contributed by atoms with Crippen LogP contribution in [0.1, 0.15) is 131 Å². The molecule has 3 unspecified atom stereocenters. The third kappa shape index (κ3) is 9.45. The van der Waals surface area contributed by atoms with Crippen molar-refractivity contribution in [1.82, 2.24) is 4.90 Å². The zero-order chi connectivity index (χ0) is 30.7. The van der Waals surface area contributed by atoms with Crippen LogP contribution in [0.5, 0.6) is 0 Å². The van der Waals surface area contributed by atoms with E-state index in [1.54, 1.807) is 0 Å². The molecule has 40 heavy (non-hydrogen) atoms. The first-order valence-electron chi connectivity index (χ1n) is 15.2. The van der Waals surface area contributed by atoms with Crippen LogP contribution in [0.2, 0.25) is 0 Å². The van der Waals surface area contributed by atoms with Gasteiger partial charge in [-0.05, 0) is 59.9 Å². The summed E-state index contributed by atoms with van der Waals surface area (Å²) in [7, 11) is 1.96. The third-order valence-corrected chi connectivity index (χ3v) is 9.56. The molecule has 1 rings (SSSR count). The van der Waals surface area contributed by atoms with Crippen LogP contribution in [0.15, 0.2) is 0 Å². The molecule has 0 aliphatic carbocycles. The molecule has 9 heteroatoms. The van der Waals surface area contributed by atoms with Crippen LogP contribution in [-0.2, 0) is 19.2 Å². The Kier molecular flexibility index (Phi) is 14.1. The molecule has 0 aromatic heterocycles. The Balaban J connectivity index is 3.29. The Bertz CT molecular complexity index is 836. The molecule has 0 bridgehead atoms. The van der Waals surface area contributed by atoms with E-state index in [1.165, 1.54) is 38.5 Å². The monoisotopic (exact) mass is 569 g/mol. The van der Waals surface area contributed by atoms with E-state index < -0.39 is 64.5 Å². The van der Waals surface area contributed by atoms with Crippen LogP contribution < -0.4 is 0 Å². The number of carboxylic acids is 4. The minimum absolute atomic E-state index is 0.000256. The van der Waals surface area contributed by atoms with Crippen molar-refractivity contribution in [2.45, 2.75) is 142 Å². The number of carbonyl (C=O) groups is 4. The second-order valence-corrected chi connectivity index (χ2v) is 13.3. The fourth-order valence-electron chi connectivity index (χ4n) is 7.13. The average Bonchev–Trinajstić information content (AvgIpc) is 2.83. The third-order valence-electron chi connectivity index (χ3n) is 9.56. The Morgan fingerprint density at radius 3 is 1.52 bits per heavy atom. The summed E-state index contributed by atoms with van der Waals surface area (Å²) < 4.78 is 0. The van der Waals surface area contributed by atoms with Crippen LogP contribution in [-0.4, -0.2) is 67.3 Å². The van der Waals surface area contributed by atoms with Crippen molar-refractivity contribution < 1.29 is 39.6 Å². The van der Waals surface area contributed by atoms with Crippen molar-refractivity contribution in [3.05, 3.63) is 0 Å². The Morgan fingerprint density at radius 1 is 0.750 bits per heavy atom. The molecular formula is C31H55NO8. The summed E-state index contributed by atoms with van der Waals surface area (Å²) in [6.45, 7) is 10.1. The lowest BCUT2D eigenvalue weighted by molar-refractivity contribution is -0.184. The van der Waals surface area contributed by atoms with Gasteiger partial charge in [-0.15, -0.1) is 0 Å². The van der Waals surface area contributed by atoms with E-state index in [4.69, 9.17) is 0 Å². The highest BCUT2D eigenvalue weighted by atomic mass is 16.4. The van der Waals surface area contributed by atoms with E-state index in [-0.39, 0.29) is 6.42 Å². The zero-order valence-electron chi connectivity index (χ0n) is 25.7. The summed E-state index contributed by atoms with van der Waals surface area (Å²) in [6, 6.07) is 0. The van der Waals surface area contributed by atoms with Gasteiger partial charge >= 0.3 is 23.9 Å². The normalized spacial score (nSPS) is 20.4. The van der Waals surface area contributed by atoms with Gasteiger partial charge in [0.2, 0.25) is 0 Å². The molecule has 1 fully saturated rings. The summed E-state index contributed by atoms with van der Waals surface area (Å²) in [5, 5.41) is 40.6. The van der Waals surface area contributed by atoms with Gasteiger partial charge in [-0.3, -0.25) is 24.1 Å². The maximum absolute atomic E-state index is 13.3. The molecule has 0 saturated carbocycles. The quantitative estimate of drug-likeness (QED) is 0.120. The minimum atomic E-state index is -1.92. The number of nitrogens with zero attached hydrogens (tertiary/aromatic N) is 1. The van der Waals surface area contributed by atoms with Crippen LogP contribution >= 0.6 is 0 Å². The molecule has 0 aromatic rings. The molecule has 3 atom stereocenters. The van der Waals surface area contributed by atoms with Crippen LogP contribution in [0.25, 0.3) is 0 Å². The van der Waals surface area contributed by atoms with Gasteiger partial charge < -0.3 is 20.4 Å². The fraction of sp³-hybridized carbons (Fsp3) is 0.871. The van der Waals surface area contributed by atoms with Gasteiger partial charge in [-0.25, -0.2) is 0 Å². The van der Waals surface area contributed by atoms with Gasteiger partial charge in [0.15, 0.2) is 0 Å². The lowest BCUT2D eigenvalue weighted by atomic mass is 9.54. The predicted molar refractivity (Wildman–Crippen MR) is 154 cm³/mol. The van der Waals surface area contributed by atoms with E-state index in [2.05, 4.69) is 11.8 Å². The molecule has 0 amide bonds. The molecule has 0 spiro atoms. The van der Waals surface area contributed by atoms with Gasteiger partial charge in [0.25, 0.3) is 0 Å². The molecule has 0 radical (unpaired) electrons. The predicted octanol–water partition coefficient (Wildman–Crippen LogP) is 6.53. The van der Waals surface area contributed by atoms with E-state index in [1.807, 2.05) is 34.7 Å². The van der Waals surface area contributed by atoms with Gasteiger partial charge in [0, 0.05) is 11.1 Å². The molecule has 1 heterocycles. The molecule has 0 aromatic carbocycles. The van der Waals surface area contributed by atoms with E-state index in [0.717, 1.165) is 19.3 Å². The maximum atomic E-state index is 13.3. The van der Waals surface area contributed by atoms with Crippen molar-refractivity contribution >= 4 is 23.9 Å². The first-order chi connectivity index (χ1) is 18.5. The van der Waals surface area contributed by atoms with E-state index >= 15 is 0 Å². The largest absolute Gasteiger partial charge is 0.481 e. The van der Waals surface area contributed by atoms with Gasteiger partial charge in [-0.1, -0.05) is 77.6 Å². The summed E-state index contributed by atoms with van der Waals surface area (Å²) in [6.07, 6.45) is 11.3. The molecule has 1 aliphatic heterocycles. The van der Waals surface area contributed by atoms with Crippen LogP contribution in [0, 0.1) is 23.2 Å². The Morgan fingerprint density at radius 2 is 1.18 bits per heavy atom. The highest BCUT2D eigenvalue weighted by molar-refractivity contribution is 5.89. The number of carboxylic acid groups (broad SMARTS) is 4. The minimum Gasteiger partial charge on any atom is -0.481 e. The molecule has 4 N–H and O–H groups in total. The van der Waals surface area contributed by atoms with Crippen LogP contribution in [0.3, 0.4) is 0 Å². The summed E-state index contributed by atoms with van der Waals surface area (Å²) >= 11 is 0. The summed E-state index contributed by atoms with van der Waals surface area (Å²) in [5.74, 6) is -10.3. The molecular weight excluding hydrogens is 514 g/mol. The number of hydrogen-bond donors (Lipinski definition) is 4. The zero-order valence-corrected chi connectivity index (χ0v) is 25.7. The number of aliphatic carboxylic acids is 4. The lowest BCUT2D eigenvalue weighted by Crippen LogP contribution is -2.63. The van der Waals surface area contributed by atoms with E-state index in [9.17, 15) is 39.6 Å². The van der Waals surface area contributed by atoms with Crippen molar-refractivity contribution in [2.24, 2.45) is 23.2 Å². The highest BCUT2D eigenvalue weighted by Gasteiger charge is 2.62. The van der Waals surface area contributed by atoms with Crippen molar-refractivity contribution in [3.8, 4) is 0 Å². The average molecular weight is 570 g/mol. The van der Waals surface area contributed by atoms with Crippen molar-refractivity contribution in [1.29, 1.82) is 0 Å². The second kappa shape index (κ2) is 15.7. The number of likely N-dealkylation sites (tertiary alicyclic amines) is 1. The molecule has 232 valence electrons. The van der Waals surface area contributed by atoms with E-state index in [0.29, 0.717) is 25.7 Å². The molecule has 1 aliphatic rings. The van der Waals surface area contributed by atoms with Crippen LogP contribution in [0.4, 0.5) is 0 Å². The smallest absolute Gasteiger partial charge is 0.310 e. The Labute approximate surface area is 240 Å². The standard InChI is InChI=1S/C31H55NO8/c1-7-8-9-10-11-12-13-14-15-16-17-18-31(28(39)40,22-20-29(2,3)32(6)30(4,5)21-22)25(27(37)38)23(26(35)36)19-24(33)34/h22-23,25H,7-21H2,1-6H3,(H,33,34)(H,35,36)(H,37,38)(H,39,40). The summed E-state index contributed by atoms with van der Waals surface area (Å²) in [4.78, 5) is 52.1. The van der Waals surface area contributed by atoms with Crippen molar-refractivity contribution in [3.63, 3.8) is 0 Å². The topological polar surface area (TPSA) is 152 Å². The first kappa shape index (κ1) is 35.9. The van der Waals surface area contributed by atoms with Crippen molar-refractivity contribution in [2.75, 3.05) is 7.05 Å². The van der Waals surface area contributed by atoms with Gasteiger partial charge in [-0.2, -0.15) is 0 Å². The first-order valence-corrected chi connectivity index (χ1v) is 15.2. The highest BCUT2D eigenvalue weighted by Crippen LogP contribution is 2.55. The molecule has 1 saturated heterocycles. The number of hydrogen-bond acceptors (Lipinski definition) is 5. The number of unbranched alkanes of at least 4 members (excludes halogenated alkanes) is 10. The lowest BCUT2D eigenvalue weighted by Gasteiger charge is -2.58.